The van der Waals surface area contributed by atoms with Gasteiger partial charge in [0.15, 0.2) is 5.16 Å². The zero-order valence-electron chi connectivity index (χ0n) is 15.8. The predicted molar refractivity (Wildman–Crippen MR) is 122 cm³/mol. The third kappa shape index (κ3) is 3.75. The number of hydrogen-bond acceptors (Lipinski definition) is 7. The summed E-state index contributed by atoms with van der Waals surface area (Å²) in [6.45, 7) is 0.393. The van der Waals surface area contributed by atoms with Crippen LogP contribution >= 0.6 is 34.4 Å². The second-order valence-corrected chi connectivity index (χ2v) is 9.43. The van der Waals surface area contributed by atoms with Gasteiger partial charge in [-0.25, -0.2) is 4.39 Å². The Morgan fingerprint density at radius 2 is 1.97 bits per heavy atom. The van der Waals surface area contributed by atoms with Crippen LogP contribution in [0.4, 0.5) is 10.1 Å². The molecule has 1 aromatic carbocycles. The van der Waals surface area contributed by atoms with Crippen LogP contribution in [0.2, 0.25) is 0 Å². The number of aromatic nitrogens is 4. The van der Waals surface area contributed by atoms with Crippen molar-refractivity contribution >= 4 is 62.0 Å². The summed E-state index contributed by atoms with van der Waals surface area (Å²) in [5.41, 5.74) is 0.714. The minimum Gasteiger partial charge on any atom is -0.323 e. The van der Waals surface area contributed by atoms with Crippen molar-refractivity contribution in [2.24, 2.45) is 0 Å². The number of thioether (sulfide) groups is 1. The number of carbonyl (C=O) groups excluding carboxylic acids is 1. The largest absolute Gasteiger partial charge is 0.323 e. The van der Waals surface area contributed by atoms with E-state index in [0.717, 1.165) is 4.88 Å². The van der Waals surface area contributed by atoms with E-state index in [1.54, 1.807) is 32.4 Å². The number of benzene rings is 1. The molecule has 0 bridgehead atoms. The van der Waals surface area contributed by atoms with E-state index in [0.29, 0.717) is 27.7 Å². The number of amides is 1. The van der Waals surface area contributed by atoms with E-state index in [9.17, 15) is 14.0 Å². The van der Waals surface area contributed by atoms with Crippen LogP contribution in [0.3, 0.4) is 0 Å². The lowest BCUT2D eigenvalue weighted by molar-refractivity contribution is -0.113. The zero-order chi connectivity index (χ0) is 21.4. The standard InChI is InChI=1S/C20H14FN5O2S3/c21-13-5-1-2-6-14(13)22-16(27)11-31-20-24-23-19-25(10-12-4-3-8-29-12)18(28)17-15(26(19)20)7-9-30-17/h1-9H,10-11H2,(H,22,27). The lowest BCUT2D eigenvalue weighted by Crippen LogP contribution is -2.22. The minimum absolute atomic E-state index is 0.0187. The Morgan fingerprint density at radius 3 is 2.77 bits per heavy atom. The molecular formula is C20H14FN5O2S3. The Labute approximate surface area is 187 Å². The van der Waals surface area contributed by atoms with Gasteiger partial charge in [-0.1, -0.05) is 30.0 Å². The molecule has 0 atom stereocenters. The summed E-state index contributed by atoms with van der Waals surface area (Å²) in [7, 11) is 0. The average molecular weight is 472 g/mol. The Morgan fingerprint density at radius 1 is 1.10 bits per heavy atom. The van der Waals surface area contributed by atoms with E-state index >= 15 is 0 Å². The van der Waals surface area contributed by atoms with Gasteiger partial charge in [-0.15, -0.1) is 32.9 Å². The van der Waals surface area contributed by atoms with E-state index in [1.165, 1.54) is 35.2 Å². The molecule has 0 fully saturated rings. The summed E-state index contributed by atoms with van der Waals surface area (Å²) in [4.78, 5) is 26.4. The lowest BCUT2D eigenvalue weighted by Gasteiger charge is -2.09. The Hall–Kier alpha value is -3.02. The lowest BCUT2D eigenvalue weighted by atomic mass is 10.3. The van der Waals surface area contributed by atoms with Gasteiger partial charge in [0.2, 0.25) is 11.7 Å². The molecule has 0 saturated heterocycles. The van der Waals surface area contributed by atoms with Crippen molar-refractivity contribution in [1.82, 2.24) is 19.2 Å². The summed E-state index contributed by atoms with van der Waals surface area (Å²) in [5.74, 6) is -0.418. The third-order valence-corrected chi connectivity index (χ3v) is 7.24. The number of thiophene rings is 2. The van der Waals surface area contributed by atoms with Crippen molar-refractivity contribution in [2.45, 2.75) is 11.7 Å². The monoisotopic (exact) mass is 471 g/mol. The second kappa shape index (κ2) is 8.25. The fraction of sp³-hybridized carbons (Fsp3) is 0.100. The summed E-state index contributed by atoms with van der Waals surface area (Å²) in [5, 5.41) is 15.3. The Kier molecular flexibility index (Phi) is 5.30. The molecule has 0 saturated carbocycles. The minimum atomic E-state index is -0.494. The van der Waals surface area contributed by atoms with Gasteiger partial charge < -0.3 is 5.32 Å². The molecule has 1 N–H and O–H groups in total. The van der Waals surface area contributed by atoms with Gasteiger partial charge in [-0.05, 0) is 35.0 Å². The van der Waals surface area contributed by atoms with Gasteiger partial charge in [-0.2, -0.15) is 0 Å². The van der Waals surface area contributed by atoms with Crippen molar-refractivity contribution in [2.75, 3.05) is 11.1 Å². The molecule has 0 aliphatic rings. The van der Waals surface area contributed by atoms with Crippen molar-refractivity contribution in [3.8, 4) is 0 Å². The maximum atomic E-state index is 13.8. The van der Waals surface area contributed by atoms with Gasteiger partial charge in [0.25, 0.3) is 5.56 Å². The zero-order valence-corrected chi connectivity index (χ0v) is 18.3. The maximum Gasteiger partial charge on any atom is 0.273 e. The highest BCUT2D eigenvalue weighted by Crippen LogP contribution is 2.25. The first-order valence-electron chi connectivity index (χ1n) is 9.16. The van der Waals surface area contributed by atoms with Gasteiger partial charge in [0.1, 0.15) is 10.5 Å². The molecule has 0 aliphatic carbocycles. The molecule has 0 aliphatic heterocycles. The first-order chi connectivity index (χ1) is 15.1. The molecule has 11 heteroatoms. The summed E-state index contributed by atoms with van der Waals surface area (Å²) >= 11 is 4.10. The SMILES string of the molecule is O=C(CSc1nnc2n(Cc3cccs3)c(=O)c3sccc3n12)Nc1ccccc1F. The average Bonchev–Trinajstić information content (AvgIpc) is 3.51. The Balaban J connectivity index is 1.47. The molecule has 5 aromatic rings. The summed E-state index contributed by atoms with van der Waals surface area (Å²) < 4.78 is 17.8. The number of carbonyl (C=O) groups is 1. The number of nitrogens with zero attached hydrogens (tertiary/aromatic N) is 4. The first-order valence-corrected chi connectivity index (χ1v) is 11.9. The molecule has 0 spiro atoms. The van der Waals surface area contributed by atoms with Crippen molar-refractivity contribution in [3.63, 3.8) is 0 Å². The van der Waals surface area contributed by atoms with E-state index in [-0.39, 0.29) is 22.9 Å². The predicted octanol–water partition coefficient (Wildman–Crippen LogP) is 4.09. The fourth-order valence-corrected chi connectivity index (χ4v) is 5.43. The van der Waals surface area contributed by atoms with Crippen molar-refractivity contribution in [1.29, 1.82) is 0 Å². The van der Waals surface area contributed by atoms with Crippen LogP contribution in [0.1, 0.15) is 4.88 Å². The highest BCUT2D eigenvalue weighted by molar-refractivity contribution is 7.99. The molecule has 31 heavy (non-hydrogen) atoms. The van der Waals surface area contributed by atoms with Gasteiger partial charge >= 0.3 is 0 Å². The third-order valence-electron chi connectivity index (χ3n) is 4.56. The topological polar surface area (TPSA) is 81.3 Å². The number of fused-ring (bicyclic) bond motifs is 3. The molecule has 0 radical (unpaired) electrons. The van der Waals surface area contributed by atoms with Crippen molar-refractivity contribution < 1.29 is 9.18 Å². The first kappa shape index (κ1) is 19.9. The second-order valence-electron chi connectivity index (χ2n) is 6.54. The normalized spacial score (nSPS) is 11.4. The van der Waals surface area contributed by atoms with Crippen LogP contribution in [-0.2, 0) is 11.3 Å². The van der Waals surface area contributed by atoms with Crippen LogP contribution < -0.4 is 10.9 Å². The number of nitrogens with one attached hydrogen (secondary N) is 1. The number of para-hydroxylation sites is 1. The quantitative estimate of drug-likeness (QED) is 0.378. The van der Waals surface area contributed by atoms with E-state index < -0.39 is 5.82 Å². The highest BCUT2D eigenvalue weighted by Gasteiger charge is 2.19. The van der Waals surface area contributed by atoms with Crippen LogP contribution in [0.5, 0.6) is 0 Å². The van der Waals surface area contributed by atoms with E-state index in [1.807, 2.05) is 29.0 Å². The molecule has 4 aromatic heterocycles. The van der Waals surface area contributed by atoms with Crippen LogP contribution in [0.15, 0.2) is 63.2 Å². The molecule has 156 valence electrons. The van der Waals surface area contributed by atoms with Gasteiger partial charge in [-0.3, -0.25) is 18.6 Å². The van der Waals surface area contributed by atoms with Crippen LogP contribution in [0.25, 0.3) is 16.0 Å². The summed E-state index contributed by atoms with van der Waals surface area (Å²) in [6.07, 6.45) is 0. The van der Waals surface area contributed by atoms with Crippen LogP contribution in [-0.4, -0.2) is 30.8 Å². The maximum absolute atomic E-state index is 13.8. The molecule has 0 unspecified atom stereocenters. The fourth-order valence-electron chi connectivity index (χ4n) is 3.17. The smallest absolute Gasteiger partial charge is 0.273 e. The van der Waals surface area contributed by atoms with Gasteiger partial charge in [0, 0.05) is 4.88 Å². The number of anilines is 1. The summed E-state index contributed by atoms with van der Waals surface area (Å²) in [6, 6.07) is 11.7. The number of hydrogen-bond donors (Lipinski definition) is 1. The Bertz CT molecular complexity index is 1460. The molecule has 1 amide bonds. The number of rotatable bonds is 6. The van der Waals surface area contributed by atoms with Crippen molar-refractivity contribution in [3.05, 3.63) is 74.3 Å². The molecular weight excluding hydrogens is 457 g/mol. The van der Waals surface area contributed by atoms with E-state index in [2.05, 4.69) is 15.5 Å². The van der Waals surface area contributed by atoms with Gasteiger partial charge in [0.05, 0.1) is 23.5 Å². The molecule has 5 rings (SSSR count). The van der Waals surface area contributed by atoms with E-state index in [4.69, 9.17) is 0 Å². The molecule has 4 heterocycles. The molecule has 7 nitrogen and oxygen atoms in total. The van der Waals surface area contributed by atoms with Crippen LogP contribution in [0, 0.1) is 5.82 Å². The number of halogens is 1. The highest BCUT2D eigenvalue weighted by atomic mass is 32.2.